The number of hydrogen-bond acceptors (Lipinski definition) is 4. The van der Waals surface area contributed by atoms with Crippen molar-refractivity contribution < 1.29 is 19.4 Å². The van der Waals surface area contributed by atoms with Gasteiger partial charge in [-0.3, -0.25) is 4.79 Å². The molecule has 1 N–H and O–H groups in total. The molecule has 0 aromatic heterocycles. The summed E-state index contributed by atoms with van der Waals surface area (Å²) in [5.74, 6) is 0.456. The normalized spacial score (nSPS) is 16.0. The van der Waals surface area contributed by atoms with Crippen molar-refractivity contribution in [2.24, 2.45) is 5.41 Å². The van der Waals surface area contributed by atoms with Crippen molar-refractivity contribution in [2.75, 3.05) is 20.6 Å². The van der Waals surface area contributed by atoms with E-state index in [0.717, 1.165) is 16.7 Å². The lowest BCUT2D eigenvalue weighted by molar-refractivity contribution is 0.0736. The Morgan fingerprint density at radius 3 is 2.47 bits per heavy atom. The van der Waals surface area contributed by atoms with Crippen molar-refractivity contribution in [1.29, 1.82) is 0 Å². The molecule has 3 rings (SSSR count). The molecule has 6 heteroatoms. The minimum absolute atomic E-state index is 0.112. The van der Waals surface area contributed by atoms with Crippen LogP contribution in [0.3, 0.4) is 0 Å². The highest BCUT2D eigenvalue weighted by molar-refractivity contribution is 6.05. The Morgan fingerprint density at radius 2 is 1.88 bits per heavy atom. The second kappa shape index (κ2) is 9.47. The zero-order valence-corrected chi connectivity index (χ0v) is 19.5. The van der Waals surface area contributed by atoms with Gasteiger partial charge in [-0.05, 0) is 35.1 Å². The van der Waals surface area contributed by atoms with Gasteiger partial charge >= 0.3 is 6.09 Å². The van der Waals surface area contributed by atoms with Crippen LogP contribution in [0.5, 0.6) is 5.75 Å². The average Bonchev–Trinajstić information content (AvgIpc) is 2.74. The van der Waals surface area contributed by atoms with Gasteiger partial charge in [0.25, 0.3) is 0 Å². The summed E-state index contributed by atoms with van der Waals surface area (Å²) >= 11 is 0. The number of benzene rings is 2. The quantitative estimate of drug-likeness (QED) is 0.501. The first kappa shape index (κ1) is 23.4. The van der Waals surface area contributed by atoms with Crippen molar-refractivity contribution in [1.82, 2.24) is 9.80 Å². The van der Waals surface area contributed by atoms with E-state index in [0.29, 0.717) is 30.9 Å². The minimum Gasteiger partial charge on any atom is -0.489 e. The fourth-order valence-corrected chi connectivity index (χ4v) is 4.14. The van der Waals surface area contributed by atoms with Gasteiger partial charge in [0.05, 0.1) is 6.04 Å². The van der Waals surface area contributed by atoms with E-state index in [2.05, 4.69) is 0 Å². The molecule has 0 fully saturated rings. The molecule has 0 saturated carbocycles. The molecule has 170 valence electrons. The first-order valence-corrected chi connectivity index (χ1v) is 10.8. The smallest absolute Gasteiger partial charge is 0.407 e. The highest BCUT2D eigenvalue weighted by Crippen LogP contribution is 2.47. The maximum absolute atomic E-state index is 12.8. The third kappa shape index (κ3) is 5.31. The molecule has 1 aliphatic heterocycles. The Labute approximate surface area is 190 Å². The topological polar surface area (TPSA) is 70.1 Å². The van der Waals surface area contributed by atoms with Crippen molar-refractivity contribution in [3.63, 3.8) is 0 Å². The summed E-state index contributed by atoms with van der Waals surface area (Å²) in [7, 11) is 3.72. The lowest BCUT2D eigenvalue weighted by atomic mass is 9.76. The number of carbonyl (C=O) groups excluding carboxylic acids is 1. The van der Waals surface area contributed by atoms with Crippen LogP contribution in [-0.2, 0) is 13.0 Å². The monoisotopic (exact) mass is 436 g/mol. The average molecular weight is 437 g/mol. The van der Waals surface area contributed by atoms with Gasteiger partial charge in [0.2, 0.25) is 0 Å². The first-order chi connectivity index (χ1) is 15.1. The summed E-state index contributed by atoms with van der Waals surface area (Å²) in [6.45, 7) is 6.81. The number of nitrogens with zero attached hydrogens (tertiary/aromatic N) is 2. The molecule has 2 aromatic rings. The molecule has 2 aromatic carbocycles. The van der Waals surface area contributed by atoms with E-state index in [-0.39, 0.29) is 17.2 Å². The van der Waals surface area contributed by atoms with E-state index in [4.69, 9.17) is 4.74 Å². The number of carbonyl (C=O) groups is 2. The van der Waals surface area contributed by atoms with Gasteiger partial charge in [0.1, 0.15) is 12.4 Å². The number of carboxylic acid groups (broad SMARTS) is 1. The highest BCUT2D eigenvalue weighted by atomic mass is 16.5. The molecule has 1 amide bonds. The maximum atomic E-state index is 12.8. The van der Waals surface area contributed by atoms with E-state index >= 15 is 0 Å². The Morgan fingerprint density at radius 1 is 1.19 bits per heavy atom. The number of ketones is 1. The molecular weight excluding hydrogens is 404 g/mol. The van der Waals surface area contributed by atoms with Crippen molar-refractivity contribution in [2.45, 2.75) is 39.8 Å². The summed E-state index contributed by atoms with van der Waals surface area (Å²) in [6.07, 6.45) is 2.85. The van der Waals surface area contributed by atoms with Crippen LogP contribution < -0.4 is 4.74 Å². The summed E-state index contributed by atoms with van der Waals surface area (Å²) in [5.41, 5.74) is 3.02. The number of rotatable bonds is 6. The Bertz CT molecular complexity index is 1010. The largest absolute Gasteiger partial charge is 0.489 e. The van der Waals surface area contributed by atoms with E-state index in [9.17, 15) is 14.7 Å². The zero-order chi connectivity index (χ0) is 23.5. The minimum atomic E-state index is -0.946. The summed E-state index contributed by atoms with van der Waals surface area (Å²) in [5, 5.41) is 9.88. The number of amides is 1. The summed E-state index contributed by atoms with van der Waals surface area (Å²) < 4.78 is 6.25. The number of allylic oxidation sites excluding steroid dienone is 1. The first-order valence-electron chi connectivity index (χ1n) is 10.8. The van der Waals surface area contributed by atoms with E-state index in [1.54, 1.807) is 12.3 Å². The lowest BCUT2D eigenvalue weighted by Crippen LogP contribution is -2.45. The predicted molar refractivity (Wildman–Crippen MR) is 125 cm³/mol. The van der Waals surface area contributed by atoms with Crippen molar-refractivity contribution in [3.8, 4) is 5.75 Å². The van der Waals surface area contributed by atoms with Gasteiger partial charge in [-0.1, -0.05) is 51.1 Å². The Hall–Kier alpha value is -3.28. The molecule has 1 atom stereocenters. The maximum Gasteiger partial charge on any atom is 0.407 e. The molecule has 1 aliphatic rings. The molecular formula is C26H32N2O4. The third-order valence-electron chi connectivity index (χ3n) is 5.55. The molecule has 1 heterocycles. The summed E-state index contributed by atoms with van der Waals surface area (Å²) in [4.78, 5) is 28.2. The SMILES string of the molecule is CN(C)C=CC(=O)c1cc2c(c(OCc3ccccc3)c1)C(C(C)(C)C)N(C(=O)O)CC2. The molecule has 0 aliphatic carbocycles. The second-order valence-corrected chi connectivity index (χ2v) is 9.46. The molecule has 0 saturated heterocycles. The van der Waals surface area contributed by atoms with Gasteiger partial charge in [-0.2, -0.15) is 0 Å². The van der Waals surface area contributed by atoms with Crippen LogP contribution in [0.4, 0.5) is 4.79 Å². The van der Waals surface area contributed by atoms with E-state index in [1.165, 1.54) is 11.0 Å². The third-order valence-corrected chi connectivity index (χ3v) is 5.55. The Kier molecular flexibility index (Phi) is 6.92. The van der Waals surface area contributed by atoms with Crippen molar-refractivity contribution in [3.05, 3.63) is 77.0 Å². The standard InChI is InChI=1S/C26H32N2O4/c1-26(2,3)24-23-19(11-14-28(24)25(30)31)15-20(21(29)12-13-27(4)5)16-22(23)32-17-18-9-7-6-8-10-18/h6-10,12-13,15-16,24H,11,14,17H2,1-5H3,(H,30,31). The number of fused-ring (bicyclic) bond motifs is 1. The fraction of sp³-hybridized carbons (Fsp3) is 0.385. The van der Waals surface area contributed by atoms with Crippen LogP contribution in [0.2, 0.25) is 0 Å². The number of hydrogen-bond donors (Lipinski definition) is 1. The second-order valence-electron chi connectivity index (χ2n) is 9.46. The lowest BCUT2D eigenvalue weighted by Gasteiger charge is -2.43. The van der Waals surface area contributed by atoms with Crippen LogP contribution in [0.1, 0.15) is 53.9 Å². The molecule has 0 bridgehead atoms. The van der Waals surface area contributed by atoms with Crippen LogP contribution in [-0.4, -0.2) is 47.4 Å². The predicted octanol–water partition coefficient (Wildman–Crippen LogP) is 5.15. The van der Waals surface area contributed by atoms with Crippen LogP contribution in [0.15, 0.2) is 54.7 Å². The van der Waals surface area contributed by atoms with Gasteiger partial charge in [-0.25, -0.2) is 4.79 Å². The highest BCUT2D eigenvalue weighted by Gasteiger charge is 2.41. The van der Waals surface area contributed by atoms with Crippen LogP contribution in [0, 0.1) is 5.41 Å². The van der Waals surface area contributed by atoms with Crippen LogP contribution in [0.25, 0.3) is 0 Å². The van der Waals surface area contributed by atoms with E-state index < -0.39 is 6.09 Å². The molecule has 6 nitrogen and oxygen atoms in total. The summed E-state index contributed by atoms with van der Waals surface area (Å²) in [6, 6.07) is 13.1. The Balaban J connectivity index is 2.10. The van der Waals surface area contributed by atoms with E-state index in [1.807, 2.05) is 76.2 Å². The molecule has 32 heavy (non-hydrogen) atoms. The fourth-order valence-electron chi connectivity index (χ4n) is 4.14. The number of ether oxygens (including phenoxy) is 1. The van der Waals surface area contributed by atoms with Crippen LogP contribution >= 0.6 is 0 Å². The van der Waals surface area contributed by atoms with Crippen molar-refractivity contribution >= 4 is 11.9 Å². The van der Waals surface area contributed by atoms with Gasteiger partial charge < -0.3 is 19.6 Å². The molecule has 1 unspecified atom stereocenters. The van der Waals surface area contributed by atoms with Gasteiger partial charge in [0, 0.05) is 44.0 Å². The molecule has 0 spiro atoms. The van der Waals surface area contributed by atoms with Gasteiger partial charge in [0.15, 0.2) is 5.78 Å². The zero-order valence-electron chi connectivity index (χ0n) is 19.5. The molecule has 0 radical (unpaired) electrons. The van der Waals surface area contributed by atoms with Gasteiger partial charge in [-0.15, -0.1) is 0 Å².